The number of phosphoric ester groups is 1. The number of hydrogen-bond donors (Lipinski definition) is 5. The van der Waals surface area contributed by atoms with E-state index in [-0.39, 0.29) is 31.8 Å². The van der Waals surface area contributed by atoms with Crippen LogP contribution < -0.4 is 25.5 Å². The molecule has 0 aromatic carbocycles. The molecule has 9 atom stereocenters. The van der Waals surface area contributed by atoms with Crippen LogP contribution in [0.1, 0.15) is 68.3 Å². The Morgan fingerprint density at radius 1 is 0.873 bits per heavy atom. The molecule has 0 spiro atoms. The normalized spacial score (nSPS) is 29.9. The average molecular weight is 836 g/mol. The fourth-order valence-corrected chi connectivity index (χ4v) is 6.18. The van der Waals surface area contributed by atoms with Crippen LogP contribution in [0.25, 0.3) is 0 Å². The lowest BCUT2D eigenvalue weighted by Gasteiger charge is -2.24. The van der Waals surface area contributed by atoms with Gasteiger partial charge < -0.3 is 59.3 Å². The Morgan fingerprint density at radius 2 is 1.24 bits per heavy atom. The quantitative estimate of drug-likeness (QED) is 0.0968. The Hall–Kier alpha value is -3.23. The van der Waals surface area contributed by atoms with Gasteiger partial charge in [-0.2, -0.15) is 30.7 Å². The van der Waals surface area contributed by atoms with Crippen LogP contribution >= 0.6 is 7.82 Å². The smallest absolute Gasteiger partial charge is 0.522 e. The molecule has 0 saturated carbocycles. The monoisotopic (exact) mass is 835 g/mol. The van der Waals surface area contributed by atoms with E-state index in [0.717, 1.165) is 0 Å². The average Bonchev–Trinajstić information content (AvgIpc) is 3.75. The van der Waals surface area contributed by atoms with Crippen molar-refractivity contribution in [1.82, 2.24) is 0 Å². The van der Waals surface area contributed by atoms with Gasteiger partial charge in [0.1, 0.15) is 35.5 Å². The van der Waals surface area contributed by atoms with Gasteiger partial charge in [-0.05, 0) is 39.8 Å². The fraction of sp³-hybridized carbons (Fsp3) is 0.600. The minimum atomic E-state index is -5.84. The Kier molecular flexibility index (Phi) is 14.3. The number of nitrogens with zero attached hydrogens (tertiary/aromatic N) is 2. The van der Waals surface area contributed by atoms with Crippen molar-refractivity contribution in [3.05, 3.63) is 60.2 Å². The first-order chi connectivity index (χ1) is 24.7. The van der Waals surface area contributed by atoms with E-state index in [4.69, 9.17) is 57.8 Å². The molecule has 4 fully saturated rings. The van der Waals surface area contributed by atoms with Gasteiger partial charge in [-0.3, -0.25) is 18.7 Å². The number of carbonyl (C=O) groups excluding carboxylic acids is 2. The predicted molar refractivity (Wildman–Crippen MR) is 173 cm³/mol. The zero-order chi connectivity index (χ0) is 40.6. The summed E-state index contributed by atoms with van der Waals surface area (Å²) in [5, 5.41) is 9.45. The molecule has 0 radical (unpaired) electrons. The number of carbonyl (C=O) groups is 2. The van der Waals surface area contributed by atoms with Gasteiger partial charge in [0.25, 0.3) is 32.1 Å². The maximum absolute atomic E-state index is 11.4. The number of rotatable bonds is 8. The molecule has 310 valence electrons. The third-order valence-corrected chi connectivity index (χ3v) is 8.99. The molecule has 4 saturated heterocycles. The van der Waals surface area contributed by atoms with Gasteiger partial charge in [-0.1, -0.05) is 7.43 Å². The molecule has 4 aliphatic heterocycles. The summed E-state index contributed by atoms with van der Waals surface area (Å²) in [6.45, 7) is 6.49. The number of aliphatic hydroxyl groups is 1. The van der Waals surface area contributed by atoms with E-state index in [9.17, 15) is 37.3 Å². The maximum Gasteiger partial charge on any atom is 0.522 e. The number of fused-ring (bicyclic) bond motifs is 2. The summed E-state index contributed by atoms with van der Waals surface area (Å²) in [7, 11) is -10.7. The van der Waals surface area contributed by atoms with Gasteiger partial charge in [-0.25, -0.2) is 0 Å². The van der Waals surface area contributed by atoms with Gasteiger partial charge >= 0.3 is 15.6 Å². The lowest BCUT2D eigenvalue weighted by Crippen LogP contribution is -2.46. The second-order valence-electron chi connectivity index (χ2n) is 12.9. The van der Waals surface area contributed by atoms with Gasteiger partial charge in [0.15, 0.2) is 48.6 Å². The number of aromatic nitrogens is 2. The molecule has 0 aliphatic carbocycles. The molecule has 6 rings (SSSR count). The van der Waals surface area contributed by atoms with Crippen LogP contribution in [0.4, 0.5) is 13.2 Å². The summed E-state index contributed by atoms with van der Waals surface area (Å²) in [4.78, 5) is 42.3. The first-order valence-electron chi connectivity index (χ1n) is 15.7. The fourth-order valence-electron chi connectivity index (χ4n) is 5.84. The van der Waals surface area contributed by atoms with Crippen LogP contribution in [-0.4, -0.2) is 102 Å². The highest BCUT2D eigenvalue weighted by molar-refractivity contribution is 7.86. The molecule has 2 aromatic rings. The number of phosphoric acid groups is 1. The Morgan fingerprint density at radius 3 is 1.58 bits per heavy atom. The SMILES string of the molecule is C.CC1(C)OC2[C@H](O1)C(CO)O[C@H]2[n+]1cccc(C(N)=O)c1.CC1(C)OC2[C@H](O1)C(COP(=O)([O-])O)O[C@H]2[n+]1cccc(C(N)=O)c1.O=S(=O)(O)C(F)(F)F. The highest BCUT2D eigenvalue weighted by Gasteiger charge is 2.60. The van der Waals surface area contributed by atoms with Crippen molar-refractivity contribution in [2.24, 2.45) is 11.5 Å². The van der Waals surface area contributed by atoms with Crippen molar-refractivity contribution in [3.8, 4) is 0 Å². The van der Waals surface area contributed by atoms with Gasteiger partial charge in [0.05, 0.1) is 13.2 Å². The minimum absolute atomic E-state index is 0. The molecule has 2 aromatic heterocycles. The second kappa shape index (κ2) is 17.1. The Balaban J connectivity index is 0.000000246. The number of halogens is 3. The summed E-state index contributed by atoms with van der Waals surface area (Å²) in [6.07, 6.45) is 2.23. The van der Waals surface area contributed by atoms with E-state index in [1.165, 1.54) is 6.20 Å². The highest BCUT2D eigenvalue weighted by Crippen LogP contribution is 2.43. The van der Waals surface area contributed by atoms with Crippen molar-refractivity contribution < 1.29 is 97.3 Å². The van der Waals surface area contributed by atoms with Crippen molar-refractivity contribution in [1.29, 1.82) is 0 Å². The number of nitrogens with two attached hydrogens (primary N) is 2. The highest BCUT2D eigenvalue weighted by atomic mass is 32.2. The zero-order valence-electron chi connectivity index (χ0n) is 28.8. The van der Waals surface area contributed by atoms with E-state index in [1.807, 2.05) is 13.8 Å². The van der Waals surface area contributed by atoms with E-state index >= 15 is 0 Å². The lowest BCUT2D eigenvalue weighted by molar-refractivity contribution is -0.766. The molecular formula is C30H43F3N4O16PS+. The number of amides is 2. The van der Waals surface area contributed by atoms with Crippen molar-refractivity contribution in [2.45, 2.75) is 101 Å². The second-order valence-corrected chi connectivity index (χ2v) is 15.5. The van der Waals surface area contributed by atoms with Crippen molar-refractivity contribution in [2.75, 3.05) is 13.2 Å². The summed E-state index contributed by atoms with van der Waals surface area (Å²) < 4.78 is 111. The van der Waals surface area contributed by atoms with Crippen LogP contribution in [0.5, 0.6) is 0 Å². The van der Waals surface area contributed by atoms with Crippen LogP contribution in [-0.2, 0) is 47.6 Å². The number of primary amides is 2. The summed E-state index contributed by atoms with van der Waals surface area (Å²) in [5.74, 6) is -2.74. The third-order valence-electron chi connectivity index (χ3n) is 7.93. The number of hydrogen-bond acceptors (Lipinski definition) is 14. The molecule has 2 amide bonds. The molecule has 0 bridgehead atoms. The molecular weight excluding hydrogens is 792 g/mol. The number of pyridine rings is 2. The maximum atomic E-state index is 11.4. The van der Waals surface area contributed by atoms with Crippen LogP contribution in [0.2, 0.25) is 0 Å². The lowest BCUT2D eigenvalue weighted by atomic mass is 10.1. The third kappa shape index (κ3) is 11.7. The van der Waals surface area contributed by atoms with Crippen LogP contribution in [0, 0.1) is 0 Å². The Labute approximate surface area is 312 Å². The topological polar surface area (TPSA) is 294 Å². The van der Waals surface area contributed by atoms with E-state index in [0.29, 0.717) is 5.56 Å². The van der Waals surface area contributed by atoms with Gasteiger partial charge in [-0.15, -0.1) is 0 Å². The Bertz CT molecular complexity index is 1850. The van der Waals surface area contributed by atoms with Crippen molar-refractivity contribution in [3.63, 3.8) is 0 Å². The summed E-state index contributed by atoms with van der Waals surface area (Å²) in [5.41, 5.74) is 5.71. The number of alkyl halides is 3. The minimum Gasteiger partial charge on any atom is -0.756 e. The van der Waals surface area contributed by atoms with Gasteiger partial charge in [0, 0.05) is 12.1 Å². The molecule has 55 heavy (non-hydrogen) atoms. The largest absolute Gasteiger partial charge is 0.756 e. The molecule has 7 N–H and O–H groups in total. The number of aliphatic hydroxyl groups excluding tert-OH is 1. The molecule has 25 heteroatoms. The molecule has 20 nitrogen and oxygen atoms in total. The van der Waals surface area contributed by atoms with Crippen LogP contribution in [0.3, 0.4) is 0 Å². The van der Waals surface area contributed by atoms with E-state index in [2.05, 4.69) is 4.52 Å². The summed E-state index contributed by atoms with van der Waals surface area (Å²) in [6, 6.07) is 6.53. The first kappa shape index (κ1) is 46.2. The molecule has 5 unspecified atom stereocenters. The number of ether oxygens (including phenoxy) is 6. The first-order valence-corrected chi connectivity index (χ1v) is 18.6. The van der Waals surface area contributed by atoms with Crippen LogP contribution in [0.15, 0.2) is 49.1 Å². The zero-order valence-corrected chi connectivity index (χ0v) is 30.6. The molecule has 6 heterocycles. The van der Waals surface area contributed by atoms with Gasteiger partial charge in [0.2, 0.25) is 0 Å². The standard InChI is InChI=1S/C14H19N2O8P.C14H18N2O5.CHF3O3S.CH4/c1-14(2)23-10-9(7-21-25(18,19)20)22-13(11(10)24-14)16-5-3-4-8(6-16)12(15)17;1-14(2)20-10-9(7-17)19-13(11(10)21-14)16-5-3-4-8(6-16)12(15)18;2-1(3,4)8(5,6)7;/h3-6,9-11,13H,7H2,1-2H3,(H3-,15,17,18,19,20);3-6,9-11,13,17H,7H2,1-2H3,(H-,15,18);(H,5,6,7);1H4/p+1/t2*9?,10-,11?,13-;;/m11../s1. The molecule has 4 aliphatic rings. The van der Waals surface area contributed by atoms with E-state index in [1.54, 1.807) is 65.8 Å². The summed E-state index contributed by atoms with van der Waals surface area (Å²) >= 11 is 0. The van der Waals surface area contributed by atoms with Crippen molar-refractivity contribution >= 4 is 29.8 Å². The van der Waals surface area contributed by atoms with E-state index < -0.39 is 90.3 Å². The predicted octanol–water partition coefficient (Wildman–Crippen LogP) is -0.519.